The second-order valence-corrected chi connectivity index (χ2v) is 1.71. The molecule has 5 nitrogen and oxygen atoms in total. The lowest BCUT2D eigenvalue weighted by molar-refractivity contribution is 0.155. The van der Waals surface area contributed by atoms with Gasteiger partial charge in [0.2, 0.25) is 0 Å². The number of nitrogens with two attached hydrogens (primary N) is 1. The number of hydrogen-bond acceptors (Lipinski definition) is 5. The molecule has 0 aromatic heterocycles. The van der Waals surface area contributed by atoms with Crippen LogP contribution in [0.25, 0.3) is 0 Å². The van der Waals surface area contributed by atoms with Crippen molar-refractivity contribution >= 4 is 18.8 Å². The summed E-state index contributed by atoms with van der Waals surface area (Å²) in [5.74, 6) is 5.18. The molecule has 1 rings (SSSR count). The van der Waals surface area contributed by atoms with E-state index in [4.69, 9.17) is 10.9 Å². The Bertz CT molecular complexity index is 125. The Morgan fingerprint density at radius 3 is 2.62 bits per heavy atom. The lowest BCUT2D eigenvalue weighted by atomic mass is 11.1. The normalized spacial score (nSPS) is 21.8. The Labute approximate surface area is 51.9 Å². The highest BCUT2D eigenvalue weighted by Gasteiger charge is 2.17. The molecule has 1 heterocycles. The summed E-state index contributed by atoms with van der Waals surface area (Å²) in [5.41, 5.74) is 0. The number of rotatable bonds is 0. The van der Waals surface area contributed by atoms with Crippen LogP contribution in [0.5, 0.6) is 0 Å². The first-order chi connectivity index (χ1) is 3.72. The molecular weight excluding hydrogens is 128 g/mol. The van der Waals surface area contributed by atoms with Crippen LogP contribution in [-0.2, 0) is 0 Å². The van der Waals surface area contributed by atoms with Gasteiger partial charge in [-0.15, -0.1) is 5.12 Å². The predicted octanol–water partition coefficient (Wildman–Crippen LogP) is -0.891. The van der Waals surface area contributed by atoms with Gasteiger partial charge in [-0.25, -0.2) is 10.8 Å². The van der Waals surface area contributed by atoms with Crippen molar-refractivity contribution in [3.05, 3.63) is 0 Å². The molecule has 1 aliphatic heterocycles. The largest absolute Gasteiger partial charge is 0.479 e. The summed E-state index contributed by atoms with van der Waals surface area (Å²) in [7, 11) is 0. The quantitative estimate of drug-likeness (QED) is 0.297. The van der Waals surface area contributed by atoms with Crippen molar-refractivity contribution in [2.45, 2.75) is 0 Å². The zero-order chi connectivity index (χ0) is 6.15. The third-order valence-corrected chi connectivity index (χ3v) is 1.19. The molecule has 0 saturated carbocycles. The van der Waals surface area contributed by atoms with Crippen molar-refractivity contribution < 1.29 is 5.11 Å². The highest BCUT2D eigenvalue weighted by Crippen LogP contribution is 2.03. The molecule has 0 unspecified atom stereocenters. The van der Waals surface area contributed by atoms with Crippen LogP contribution >= 0.6 is 12.8 Å². The molecule has 1 aliphatic rings. The first-order valence-corrected chi connectivity index (χ1v) is 2.36. The van der Waals surface area contributed by atoms with E-state index in [1.54, 1.807) is 0 Å². The molecule has 3 N–H and O–H groups in total. The SMILES string of the molecule is NN1CN=C(O)N1S. The van der Waals surface area contributed by atoms with Gasteiger partial charge in [-0.2, -0.15) is 4.41 Å². The maximum atomic E-state index is 8.65. The summed E-state index contributed by atoms with van der Waals surface area (Å²) in [5, 5.41) is 9.81. The van der Waals surface area contributed by atoms with Crippen LogP contribution in [0.2, 0.25) is 0 Å². The third kappa shape index (κ3) is 0.726. The molecule has 0 aromatic carbocycles. The van der Waals surface area contributed by atoms with Gasteiger partial charge in [-0.3, -0.25) is 0 Å². The summed E-state index contributed by atoms with van der Waals surface area (Å²) in [6.07, 6.45) is 0. The number of thiol groups is 1. The first kappa shape index (κ1) is 5.67. The van der Waals surface area contributed by atoms with Gasteiger partial charge in [-0.05, 0) is 12.8 Å². The van der Waals surface area contributed by atoms with Gasteiger partial charge in [0, 0.05) is 0 Å². The van der Waals surface area contributed by atoms with Crippen LogP contribution < -0.4 is 5.84 Å². The fourth-order valence-electron chi connectivity index (χ4n) is 0.374. The Morgan fingerprint density at radius 1 is 1.88 bits per heavy atom. The summed E-state index contributed by atoms with van der Waals surface area (Å²) >= 11 is 3.74. The summed E-state index contributed by atoms with van der Waals surface area (Å²) in [6.45, 7) is 0.259. The standard InChI is InChI=1S/C2H6N4OS/c3-5-1-4-2(7)6(5)8/h8H,1,3H2,(H,4,7). The molecule has 0 amide bonds. The van der Waals surface area contributed by atoms with Crippen LogP contribution in [0.15, 0.2) is 4.99 Å². The number of aliphatic hydroxyl groups is 1. The maximum Gasteiger partial charge on any atom is 0.313 e. The zero-order valence-electron chi connectivity index (χ0n) is 4.02. The molecule has 0 aliphatic carbocycles. The zero-order valence-corrected chi connectivity index (χ0v) is 4.91. The molecule has 8 heavy (non-hydrogen) atoms. The fourth-order valence-corrected chi connectivity index (χ4v) is 0.494. The van der Waals surface area contributed by atoms with Gasteiger partial charge >= 0.3 is 6.02 Å². The van der Waals surface area contributed by atoms with Gasteiger partial charge in [0.15, 0.2) is 0 Å². The van der Waals surface area contributed by atoms with Gasteiger partial charge in [0.05, 0.1) is 0 Å². The van der Waals surface area contributed by atoms with E-state index in [-0.39, 0.29) is 12.7 Å². The van der Waals surface area contributed by atoms with Crippen molar-refractivity contribution in [3.63, 3.8) is 0 Å². The molecule has 0 atom stereocenters. The Hall–Kier alpha value is -0.460. The van der Waals surface area contributed by atoms with Gasteiger partial charge in [-0.1, -0.05) is 0 Å². The number of nitrogens with zero attached hydrogens (tertiary/aromatic N) is 3. The number of amidine groups is 1. The van der Waals surface area contributed by atoms with E-state index in [9.17, 15) is 0 Å². The van der Waals surface area contributed by atoms with Crippen LogP contribution in [0.1, 0.15) is 0 Å². The van der Waals surface area contributed by atoms with E-state index in [2.05, 4.69) is 17.8 Å². The van der Waals surface area contributed by atoms with Crippen LogP contribution in [0, 0.1) is 0 Å². The smallest absolute Gasteiger partial charge is 0.313 e. The van der Waals surface area contributed by atoms with Crippen LogP contribution in [0.4, 0.5) is 0 Å². The highest BCUT2D eigenvalue weighted by molar-refractivity contribution is 7.78. The molecule has 0 radical (unpaired) electrons. The molecule has 6 heteroatoms. The van der Waals surface area contributed by atoms with Crippen LogP contribution in [0.3, 0.4) is 0 Å². The van der Waals surface area contributed by atoms with E-state index < -0.39 is 0 Å². The average molecular weight is 134 g/mol. The van der Waals surface area contributed by atoms with E-state index in [0.29, 0.717) is 0 Å². The summed E-state index contributed by atoms with van der Waals surface area (Å²) in [6, 6.07) is -0.171. The number of hydrogen-bond donors (Lipinski definition) is 3. The highest BCUT2D eigenvalue weighted by atomic mass is 32.1. The molecular formula is C2H6N4OS. The van der Waals surface area contributed by atoms with Crippen molar-refractivity contribution in [1.82, 2.24) is 9.53 Å². The van der Waals surface area contributed by atoms with E-state index >= 15 is 0 Å². The van der Waals surface area contributed by atoms with E-state index in [0.717, 1.165) is 4.41 Å². The Morgan fingerprint density at radius 2 is 2.50 bits per heavy atom. The molecule has 0 spiro atoms. The minimum atomic E-state index is -0.171. The average Bonchev–Trinajstić information content (AvgIpc) is 1.98. The Kier molecular flexibility index (Phi) is 1.28. The van der Waals surface area contributed by atoms with Gasteiger partial charge in [0.1, 0.15) is 6.67 Å². The van der Waals surface area contributed by atoms with E-state index in [1.165, 1.54) is 5.12 Å². The molecule has 46 valence electrons. The summed E-state index contributed by atoms with van der Waals surface area (Å²) < 4.78 is 1.06. The topological polar surface area (TPSA) is 65.1 Å². The minimum absolute atomic E-state index is 0.171. The molecule has 0 bridgehead atoms. The molecule has 0 aromatic rings. The van der Waals surface area contributed by atoms with Crippen molar-refractivity contribution in [1.29, 1.82) is 0 Å². The number of hydrazine groups is 2. The predicted molar refractivity (Wildman–Crippen MR) is 31.8 cm³/mol. The van der Waals surface area contributed by atoms with Crippen molar-refractivity contribution in [2.75, 3.05) is 6.67 Å². The van der Waals surface area contributed by atoms with E-state index in [1.807, 2.05) is 0 Å². The summed E-state index contributed by atoms with van der Waals surface area (Å²) in [4.78, 5) is 3.52. The lowest BCUT2D eigenvalue weighted by Crippen LogP contribution is -2.39. The van der Waals surface area contributed by atoms with Gasteiger partial charge < -0.3 is 5.11 Å². The van der Waals surface area contributed by atoms with Crippen LogP contribution in [-0.4, -0.2) is 27.3 Å². The first-order valence-electron chi connectivity index (χ1n) is 1.96. The third-order valence-electron chi connectivity index (χ3n) is 0.779. The Balaban J connectivity index is 2.59. The second kappa shape index (κ2) is 1.81. The monoisotopic (exact) mass is 134 g/mol. The fraction of sp³-hybridized carbons (Fsp3) is 0.500. The second-order valence-electron chi connectivity index (χ2n) is 1.33. The molecule has 0 fully saturated rings. The van der Waals surface area contributed by atoms with Crippen molar-refractivity contribution in [3.8, 4) is 0 Å². The lowest BCUT2D eigenvalue weighted by Gasteiger charge is -2.15. The number of aliphatic hydroxyl groups excluding tert-OH is 1. The van der Waals surface area contributed by atoms with Gasteiger partial charge in [0.25, 0.3) is 0 Å². The molecule has 0 saturated heterocycles. The number of aliphatic imine (C=N–C) groups is 1. The van der Waals surface area contributed by atoms with Crippen molar-refractivity contribution in [2.24, 2.45) is 10.8 Å². The maximum absolute atomic E-state index is 8.65. The minimum Gasteiger partial charge on any atom is -0.479 e.